The van der Waals surface area contributed by atoms with E-state index in [4.69, 9.17) is 23.7 Å². The number of methoxy groups -OCH3 is 4. The van der Waals surface area contributed by atoms with Crippen LogP contribution in [0.25, 0.3) is 0 Å². The highest BCUT2D eigenvalue weighted by molar-refractivity contribution is 5.82. The minimum absolute atomic E-state index is 0.0408. The molecule has 0 aromatic heterocycles. The zero-order valence-electron chi connectivity index (χ0n) is 20.2. The first-order valence-electron chi connectivity index (χ1n) is 10.9. The van der Waals surface area contributed by atoms with Crippen LogP contribution in [0.1, 0.15) is 22.7 Å². The van der Waals surface area contributed by atoms with E-state index in [1.165, 1.54) is 7.11 Å². The van der Waals surface area contributed by atoms with Gasteiger partial charge in [-0.3, -0.25) is 9.59 Å². The zero-order chi connectivity index (χ0) is 25.2. The Kier molecular flexibility index (Phi) is 8.95. The quantitative estimate of drug-likeness (QED) is 0.419. The molecule has 0 aliphatic carbocycles. The molecule has 0 aliphatic rings. The Hall–Kier alpha value is -4.20. The normalized spacial score (nSPS) is 10.4. The minimum atomic E-state index is -0.547. The van der Waals surface area contributed by atoms with E-state index < -0.39 is 24.5 Å². The van der Waals surface area contributed by atoms with E-state index in [1.54, 1.807) is 39.5 Å². The van der Waals surface area contributed by atoms with Crippen molar-refractivity contribution in [1.82, 2.24) is 5.32 Å². The number of amides is 1. The third-order valence-corrected chi connectivity index (χ3v) is 5.40. The minimum Gasteiger partial charge on any atom is -0.497 e. The van der Waals surface area contributed by atoms with Gasteiger partial charge < -0.3 is 29.0 Å². The van der Waals surface area contributed by atoms with E-state index in [1.807, 2.05) is 48.5 Å². The SMILES string of the molecule is COc1ccc(C(NC(=O)COC(=O)Cc2ccc(OC)cc2OC)c2ccc(OC)cc2)cc1. The molecule has 0 bridgehead atoms. The fraction of sp³-hybridized carbons (Fsp3) is 0.259. The number of carbonyl (C=O) groups is 2. The highest BCUT2D eigenvalue weighted by atomic mass is 16.5. The molecular formula is C27H29NO7. The van der Waals surface area contributed by atoms with E-state index in [0.29, 0.717) is 28.6 Å². The summed E-state index contributed by atoms with van der Waals surface area (Å²) in [6.45, 7) is -0.417. The molecule has 0 fully saturated rings. The van der Waals surface area contributed by atoms with Crippen molar-refractivity contribution in [3.05, 3.63) is 83.4 Å². The molecule has 1 N–H and O–H groups in total. The highest BCUT2D eigenvalue weighted by Crippen LogP contribution is 2.27. The van der Waals surface area contributed by atoms with Gasteiger partial charge in [-0.15, -0.1) is 0 Å². The average molecular weight is 480 g/mol. The maximum absolute atomic E-state index is 12.7. The lowest BCUT2D eigenvalue weighted by molar-refractivity contribution is -0.148. The number of esters is 1. The molecule has 0 unspecified atom stereocenters. The Bertz CT molecular complexity index is 1080. The molecule has 8 nitrogen and oxygen atoms in total. The van der Waals surface area contributed by atoms with Crippen molar-refractivity contribution in [2.75, 3.05) is 35.0 Å². The van der Waals surface area contributed by atoms with Crippen LogP contribution in [0.15, 0.2) is 66.7 Å². The van der Waals surface area contributed by atoms with Crippen LogP contribution >= 0.6 is 0 Å². The van der Waals surface area contributed by atoms with Crippen LogP contribution in [0.3, 0.4) is 0 Å². The molecule has 3 rings (SSSR count). The number of nitrogens with one attached hydrogen (secondary N) is 1. The Morgan fingerprint density at radius 3 is 1.71 bits per heavy atom. The number of hydrogen-bond donors (Lipinski definition) is 1. The van der Waals surface area contributed by atoms with Gasteiger partial charge in [0.2, 0.25) is 0 Å². The van der Waals surface area contributed by atoms with Gasteiger partial charge in [-0.25, -0.2) is 0 Å². The monoisotopic (exact) mass is 479 g/mol. The van der Waals surface area contributed by atoms with E-state index >= 15 is 0 Å². The van der Waals surface area contributed by atoms with Crippen LogP contribution < -0.4 is 24.3 Å². The van der Waals surface area contributed by atoms with Crippen molar-refractivity contribution in [3.63, 3.8) is 0 Å². The predicted molar refractivity (Wildman–Crippen MR) is 130 cm³/mol. The number of benzene rings is 3. The topological polar surface area (TPSA) is 92.3 Å². The van der Waals surface area contributed by atoms with E-state index in [9.17, 15) is 9.59 Å². The highest BCUT2D eigenvalue weighted by Gasteiger charge is 2.19. The van der Waals surface area contributed by atoms with Crippen molar-refractivity contribution in [2.24, 2.45) is 0 Å². The lowest BCUT2D eigenvalue weighted by atomic mass is 9.98. The van der Waals surface area contributed by atoms with Gasteiger partial charge >= 0.3 is 5.97 Å². The number of hydrogen-bond acceptors (Lipinski definition) is 7. The molecule has 0 radical (unpaired) electrons. The third-order valence-electron chi connectivity index (χ3n) is 5.40. The molecular weight excluding hydrogens is 450 g/mol. The van der Waals surface area contributed by atoms with Gasteiger partial charge in [-0.2, -0.15) is 0 Å². The van der Waals surface area contributed by atoms with Crippen LogP contribution in [0.4, 0.5) is 0 Å². The van der Waals surface area contributed by atoms with E-state index in [2.05, 4.69) is 5.32 Å². The Labute approximate surface area is 204 Å². The summed E-state index contributed by atoms with van der Waals surface area (Å²) in [5.74, 6) is 1.55. The summed E-state index contributed by atoms with van der Waals surface area (Å²) in [5.41, 5.74) is 2.32. The second-order valence-electron chi connectivity index (χ2n) is 7.56. The Morgan fingerprint density at radius 1 is 0.714 bits per heavy atom. The summed E-state index contributed by atoms with van der Waals surface area (Å²) in [6, 6.07) is 19.4. The second kappa shape index (κ2) is 12.3. The first-order valence-corrected chi connectivity index (χ1v) is 10.9. The second-order valence-corrected chi connectivity index (χ2v) is 7.56. The molecule has 184 valence electrons. The molecule has 35 heavy (non-hydrogen) atoms. The van der Waals surface area contributed by atoms with E-state index in [0.717, 1.165) is 11.1 Å². The molecule has 0 spiro atoms. The zero-order valence-corrected chi connectivity index (χ0v) is 20.2. The van der Waals surface area contributed by atoms with Crippen LogP contribution in [-0.4, -0.2) is 46.9 Å². The van der Waals surface area contributed by atoms with Crippen LogP contribution in [-0.2, 0) is 20.7 Å². The molecule has 3 aromatic rings. The number of ether oxygens (including phenoxy) is 5. The van der Waals surface area contributed by atoms with Gasteiger partial charge in [-0.05, 0) is 41.5 Å². The van der Waals surface area contributed by atoms with Crippen molar-refractivity contribution in [1.29, 1.82) is 0 Å². The largest absolute Gasteiger partial charge is 0.497 e. The molecule has 0 saturated heterocycles. The van der Waals surface area contributed by atoms with Gasteiger partial charge in [0, 0.05) is 11.6 Å². The standard InChI is InChI=1S/C27H29NO7/c1-31-21-10-5-18(6-11-21)27(19-7-12-22(32-2)13-8-19)28-25(29)17-35-26(30)15-20-9-14-23(33-3)16-24(20)34-4/h5-14,16,27H,15,17H2,1-4H3,(H,28,29). The maximum Gasteiger partial charge on any atom is 0.310 e. The van der Waals surface area contributed by atoms with Gasteiger partial charge in [-0.1, -0.05) is 30.3 Å². The van der Waals surface area contributed by atoms with E-state index in [-0.39, 0.29) is 6.42 Å². The van der Waals surface area contributed by atoms with Crippen LogP contribution in [0, 0.1) is 0 Å². The summed E-state index contributed by atoms with van der Waals surface area (Å²) >= 11 is 0. The molecule has 0 heterocycles. The molecule has 0 aliphatic heterocycles. The molecule has 3 aromatic carbocycles. The summed E-state index contributed by atoms with van der Waals surface area (Å²) in [5, 5.41) is 2.94. The molecule has 1 amide bonds. The van der Waals surface area contributed by atoms with Gasteiger partial charge in [0.15, 0.2) is 6.61 Å². The van der Waals surface area contributed by atoms with Crippen molar-refractivity contribution in [3.8, 4) is 23.0 Å². The smallest absolute Gasteiger partial charge is 0.310 e. The molecule has 0 saturated carbocycles. The first kappa shape index (κ1) is 25.4. The number of carbonyl (C=O) groups excluding carboxylic acids is 2. The van der Waals surface area contributed by atoms with Crippen molar-refractivity contribution in [2.45, 2.75) is 12.5 Å². The first-order chi connectivity index (χ1) is 17.0. The van der Waals surface area contributed by atoms with Crippen molar-refractivity contribution >= 4 is 11.9 Å². The van der Waals surface area contributed by atoms with Crippen LogP contribution in [0.5, 0.6) is 23.0 Å². The van der Waals surface area contributed by atoms with Gasteiger partial charge in [0.05, 0.1) is 40.9 Å². The summed E-state index contributed by atoms with van der Waals surface area (Å²) in [7, 11) is 6.24. The van der Waals surface area contributed by atoms with Gasteiger partial charge in [0.25, 0.3) is 5.91 Å². The fourth-order valence-corrected chi connectivity index (χ4v) is 3.50. The maximum atomic E-state index is 12.7. The van der Waals surface area contributed by atoms with Crippen LogP contribution in [0.2, 0.25) is 0 Å². The lowest BCUT2D eigenvalue weighted by Crippen LogP contribution is -2.33. The number of rotatable bonds is 11. The lowest BCUT2D eigenvalue weighted by Gasteiger charge is -2.20. The summed E-state index contributed by atoms with van der Waals surface area (Å²) in [4.78, 5) is 25.1. The van der Waals surface area contributed by atoms with Gasteiger partial charge in [0.1, 0.15) is 23.0 Å². The predicted octanol–water partition coefficient (Wildman–Crippen LogP) is 3.71. The summed E-state index contributed by atoms with van der Waals surface area (Å²) < 4.78 is 26.2. The fourth-order valence-electron chi connectivity index (χ4n) is 3.50. The molecule has 0 atom stereocenters. The third kappa shape index (κ3) is 6.89. The summed E-state index contributed by atoms with van der Waals surface area (Å²) in [6.07, 6.45) is -0.0408. The Balaban J connectivity index is 1.67. The Morgan fingerprint density at radius 2 is 1.23 bits per heavy atom. The average Bonchev–Trinajstić information content (AvgIpc) is 2.91. The van der Waals surface area contributed by atoms with Crippen molar-refractivity contribution < 1.29 is 33.3 Å². The molecule has 8 heteroatoms.